The second-order valence-corrected chi connectivity index (χ2v) is 5.83. The van der Waals surface area contributed by atoms with Crippen LogP contribution in [-0.4, -0.2) is 0 Å². The average molecular weight is 272 g/mol. The maximum Gasteiger partial charge on any atom is -0.0254 e. The van der Waals surface area contributed by atoms with Gasteiger partial charge in [0.15, 0.2) is 0 Å². The van der Waals surface area contributed by atoms with E-state index in [0.717, 1.165) is 0 Å². The molecule has 0 bridgehead atoms. The lowest BCUT2D eigenvalue weighted by atomic mass is 9.98. The first-order valence-electron chi connectivity index (χ1n) is 8.59. The van der Waals surface area contributed by atoms with Gasteiger partial charge in [-0.25, -0.2) is 0 Å². The lowest BCUT2D eigenvalue weighted by Crippen LogP contribution is -1.92. The van der Waals surface area contributed by atoms with E-state index in [0.29, 0.717) is 0 Å². The molecular formula is C20H32. The van der Waals surface area contributed by atoms with E-state index in [2.05, 4.69) is 51.1 Å². The normalized spacial score (nSPS) is 11.3. The molecule has 1 aromatic rings. The lowest BCUT2D eigenvalue weighted by Gasteiger charge is -2.07. The molecule has 0 aliphatic carbocycles. The van der Waals surface area contributed by atoms with E-state index < -0.39 is 0 Å². The summed E-state index contributed by atoms with van der Waals surface area (Å²) in [5, 5.41) is 0. The van der Waals surface area contributed by atoms with Gasteiger partial charge in [0.05, 0.1) is 0 Å². The van der Waals surface area contributed by atoms with E-state index in [9.17, 15) is 0 Å². The maximum atomic E-state index is 2.43. The third-order valence-corrected chi connectivity index (χ3v) is 3.75. The summed E-state index contributed by atoms with van der Waals surface area (Å²) in [4.78, 5) is 0. The van der Waals surface area contributed by atoms with Crippen LogP contribution in [0.2, 0.25) is 0 Å². The Morgan fingerprint density at radius 1 is 0.750 bits per heavy atom. The first kappa shape index (κ1) is 17.0. The zero-order valence-corrected chi connectivity index (χ0v) is 13.8. The quantitative estimate of drug-likeness (QED) is 0.422. The van der Waals surface area contributed by atoms with Crippen LogP contribution in [0, 0.1) is 0 Å². The SMILES string of the molecule is CCCCC=Cc1cc(CCCC)cc(CCCC)c1. The van der Waals surface area contributed by atoms with Crippen LogP contribution < -0.4 is 0 Å². The third kappa shape index (κ3) is 6.93. The van der Waals surface area contributed by atoms with Crippen molar-refractivity contribution in [2.24, 2.45) is 0 Å². The second kappa shape index (κ2) is 10.7. The van der Waals surface area contributed by atoms with Crippen LogP contribution in [0.1, 0.15) is 82.4 Å². The summed E-state index contributed by atoms with van der Waals surface area (Å²) >= 11 is 0. The molecule has 0 unspecified atom stereocenters. The van der Waals surface area contributed by atoms with E-state index in [4.69, 9.17) is 0 Å². The summed E-state index contributed by atoms with van der Waals surface area (Å²) < 4.78 is 0. The predicted molar refractivity (Wildman–Crippen MR) is 92.2 cm³/mol. The molecule has 0 aliphatic heterocycles. The van der Waals surface area contributed by atoms with Gasteiger partial charge in [0.2, 0.25) is 0 Å². The summed E-state index contributed by atoms with van der Waals surface area (Å²) in [7, 11) is 0. The molecule has 0 nitrogen and oxygen atoms in total. The van der Waals surface area contributed by atoms with Crippen LogP contribution in [0.5, 0.6) is 0 Å². The van der Waals surface area contributed by atoms with Crippen molar-refractivity contribution in [1.29, 1.82) is 0 Å². The molecular weight excluding hydrogens is 240 g/mol. The molecule has 0 aliphatic rings. The van der Waals surface area contributed by atoms with Crippen LogP contribution >= 0.6 is 0 Å². The van der Waals surface area contributed by atoms with Gasteiger partial charge < -0.3 is 0 Å². The Kier molecular flexibility index (Phi) is 9.11. The first-order valence-corrected chi connectivity index (χ1v) is 8.59. The van der Waals surface area contributed by atoms with E-state index in [1.807, 2.05) is 0 Å². The highest BCUT2D eigenvalue weighted by Crippen LogP contribution is 2.17. The molecule has 0 amide bonds. The minimum absolute atomic E-state index is 1.21. The van der Waals surface area contributed by atoms with Crippen LogP contribution in [0.3, 0.4) is 0 Å². The summed E-state index contributed by atoms with van der Waals surface area (Å²) in [5.74, 6) is 0. The number of allylic oxidation sites excluding steroid dienone is 1. The van der Waals surface area contributed by atoms with Gasteiger partial charge in [-0.05, 0) is 48.8 Å². The van der Waals surface area contributed by atoms with Crippen LogP contribution in [0.4, 0.5) is 0 Å². The van der Waals surface area contributed by atoms with Gasteiger partial charge in [-0.15, -0.1) is 0 Å². The van der Waals surface area contributed by atoms with Crippen molar-refractivity contribution in [3.8, 4) is 0 Å². The van der Waals surface area contributed by atoms with Crippen molar-refractivity contribution in [3.05, 3.63) is 41.0 Å². The molecule has 0 aromatic heterocycles. The molecule has 0 saturated heterocycles. The summed E-state index contributed by atoms with van der Waals surface area (Å²) in [6, 6.07) is 7.19. The van der Waals surface area contributed by atoms with Gasteiger partial charge in [0.25, 0.3) is 0 Å². The van der Waals surface area contributed by atoms with Gasteiger partial charge in [-0.3, -0.25) is 0 Å². The average Bonchev–Trinajstić information content (AvgIpc) is 2.47. The number of rotatable bonds is 10. The van der Waals surface area contributed by atoms with Crippen LogP contribution in [0.25, 0.3) is 6.08 Å². The van der Waals surface area contributed by atoms with Crippen molar-refractivity contribution >= 4 is 6.08 Å². The summed E-state index contributed by atoms with van der Waals surface area (Å²) in [6.45, 7) is 6.79. The number of aryl methyl sites for hydroxylation is 2. The van der Waals surface area contributed by atoms with Gasteiger partial charge in [-0.2, -0.15) is 0 Å². The molecule has 0 heteroatoms. The van der Waals surface area contributed by atoms with Gasteiger partial charge >= 0.3 is 0 Å². The monoisotopic (exact) mass is 272 g/mol. The summed E-state index contributed by atoms with van der Waals surface area (Å²) in [5.41, 5.74) is 4.45. The molecule has 112 valence electrons. The zero-order valence-electron chi connectivity index (χ0n) is 13.8. The fourth-order valence-corrected chi connectivity index (χ4v) is 2.48. The van der Waals surface area contributed by atoms with E-state index in [1.54, 1.807) is 0 Å². The Morgan fingerprint density at radius 2 is 1.30 bits per heavy atom. The minimum atomic E-state index is 1.21. The minimum Gasteiger partial charge on any atom is -0.0839 e. The summed E-state index contributed by atoms with van der Waals surface area (Å²) in [6.07, 6.45) is 16.1. The Labute approximate surface area is 126 Å². The number of hydrogen-bond acceptors (Lipinski definition) is 0. The highest BCUT2D eigenvalue weighted by molar-refractivity contribution is 5.52. The van der Waals surface area contributed by atoms with Crippen LogP contribution in [0.15, 0.2) is 24.3 Å². The van der Waals surface area contributed by atoms with E-state index in [-0.39, 0.29) is 0 Å². The van der Waals surface area contributed by atoms with Crippen molar-refractivity contribution < 1.29 is 0 Å². The standard InChI is InChI=1S/C20H32/c1-4-7-10-11-14-20-16-18(12-8-5-2)15-19(17-20)13-9-6-3/h11,14-17H,4-10,12-13H2,1-3H3. The second-order valence-electron chi connectivity index (χ2n) is 5.83. The number of hydrogen-bond donors (Lipinski definition) is 0. The smallest absolute Gasteiger partial charge is 0.0254 e. The van der Waals surface area contributed by atoms with Crippen molar-refractivity contribution in [1.82, 2.24) is 0 Å². The van der Waals surface area contributed by atoms with E-state index >= 15 is 0 Å². The van der Waals surface area contributed by atoms with Crippen LogP contribution in [-0.2, 0) is 12.8 Å². The van der Waals surface area contributed by atoms with Gasteiger partial charge in [-0.1, -0.05) is 76.8 Å². The highest BCUT2D eigenvalue weighted by Gasteiger charge is 2.00. The molecule has 0 spiro atoms. The predicted octanol–water partition coefficient (Wildman–Crippen LogP) is 6.58. The molecule has 0 fully saturated rings. The largest absolute Gasteiger partial charge is 0.0839 e. The topological polar surface area (TPSA) is 0 Å². The third-order valence-electron chi connectivity index (χ3n) is 3.75. The van der Waals surface area contributed by atoms with Gasteiger partial charge in [0.1, 0.15) is 0 Å². The molecule has 1 rings (SSSR count). The van der Waals surface area contributed by atoms with Gasteiger partial charge in [0, 0.05) is 0 Å². The Balaban J connectivity index is 2.76. The fraction of sp³-hybridized carbons (Fsp3) is 0.600. The molecule has 0 heterocycles. The molecule has 1 aromatic carbocycles. The van der Waals surface area contributed by atoms with E-state index in [1.165, 1.54) is 74.5 Å². The Hall–Kier alpha value is -1.04. The molecule has 0 N–H and O–H groups in total. The molecule has 0 radical (unpaired) electrons. The first-order chi connectivity index (χ1) is 9.80. The Morgan fingerprint density at radius 3 is 1.80 bits per heavy atom. The lowest BCUT2D eigenvalue weighted by molar-refractivity contribution is 0.780. The molecule has 0 atom stereocenters. The highest BCUT2D eigenvalue weighted by atomic mass is 14.1. The number of unbranched alkanes of at least 4 members (excludes halogenated alkanes) is 4. The fourth-order valence-electron chi connectivity index (χ4n) is 2.48. The van der Waals surface area contributed by atoms with Crippen molar-refractivity contribution in [2.75, 3.05) is 0 Å². The maximum absolute atomic E-state index is 2.43. The van der Waals surface area contributed by atoms with Crippen molar-refractivity contribution in [3.63, 3.8) is 0 Å². The molecule has 0 saturated carbocycles. The molecule has 20 heavy (non-hydrogen) atoms. The van der Waals surface area contributed by atoms with Crippen molar-refractivity contribution in [2.45, 2.75) is 78.6 Å². The number of benzene rings is 1. The zero-order chi connectivity index (χ0) is 14.6. The Bertz CT molecular complexity index is 361.